The van der Waals surface area contributed by atoms with Gasteiger partial charge < -0.3 is 19.4 Å². The number of hydrogen-bond acceptors (Lipinski definition) is 3. The SMILES string of the molecule is COc1ccc(-c2[nH]c3ccc(-c4cccc(-c5cccc(CN(C)C)c5)c4)cc3c2C(C)C)cc1OC. The summed E-state index contributed by atoms with van der Waals surface area (Å²) in [5, 5.41) is 1.25. The van der Waals surface area contributed by atoms with E-state index in [0.717, 1.165) is 34.8 Å². The fourth-order valence-electron chi connectivity index (χ4n) is 5.30. The Hall–Kier alpha value is -4.02. The summed E-state index contributed by atoms with van der Waals surface area (Å²) in [5.41, 5.74) is 10.9. The third kappa shape index (κ3) is 5.05. The van der Waals surface area contributed by atoms with Crippen LogP contribution in [0.15, 0.2) is 84.9 Å². The van der Waals surface area contributed by atoms with E-state index >= 15 is 0 Å². The van der Waals surface area contributed by atoms with Crippen molar-refractivity contribution in [3.05, 3.63) is 96.1 Å². The van der Waals surface area contributed by atoms with Gasteiger partial charge in [-0.1, -0.05) is 56.3 Å². The number of methoxy groups -OCH3 is 2. The molecule has 0 saturated heterocycles. The van der Waals surface area contributed by atoms with Crippen LogP contribution >= 0.6 is 0 Å². The van der Waals surface area contributed by atoms with E-state index in [1.165, 1.54) is 38.8 Å². The fourth-order valence-corrected chi connectivity index (χ4v) is 5.30. The number of H-pyrrole nitrogens is 1. The Morgan fingerprint density at radius 1 is 0.684 bits per heavy atom. The van der Waals surface area contributed by atoms with Gasteiger partial charge in [-0.2, -0.15) is 0 Å². The monoisotopic (exact) mass is 504 g/mol. The Morgan fingerprint density at radius 2 is 1.32 bits per heavy atom. The summed E-state index contributed by atoms with van der Waals surface area (Å²) in [6.07, 6.45) is 0. The van der Waals surface area contributed by atoms with Gasteiger partial charge in [0.15, 0.2) is 11.5 Å². The van der Waals surface area contributed by atoms with Crippen LogP contribution in [-0.2, 0) is 6.54 Å². The Balaban J connectivity index is 1.57. The largest absolute Gasteiger partial charge is 0.493 e. The lowest BCUT2D eigenvalue weighted by Gasteiger charge is -2.13. The number of benzene rings is 4. The number of aromatic amines is 1. The molecule has 1 heterocycles. The number of nitrogens with zero attached hydrogens (tertiary/aromatic N) is 1. The summed E-state index contributed by atoms with van der Waals surface area (Å²) in [4.78, 5) is 5.89. The quantitative estimate of drug-likeness (QED) is 0.231. The second-order valence-corrected chi connectivity index (χ2v) is 10.4. The predicted molar refractivity (Wildman–Crippen MR) is 159 cm³/mol. The summed E-state index contributed by atoms with van der Waals surface area (Å²) in [6.45, 7) is 5.43. The second-order valence-electron chi connectivity index (χ2n) is 10.4. The van der Waals surface area contributed by atoms with Crippen LogP contribution < -0.4 is 9.47 Å². The number of rotatable bonds is 8. The first-order valence-corrected chi connectivity index (χ1v) is 13.1. The highest BCUT2D eigenvalue weighted by Gasteiger charge is 2.18. The molecule has 5 aromatic rings. The van der Waals surface area contributed by atoms with Gasteiger partial charge in [0, 0.05) is 23.0 Å². The van der Waals surface area contributed by atoms with E-state index in [0.29, 0.717) is 5.92 Å². The fraction of sp³-hybridized carbons (Fsp3) is 0.235. The number of nitrogens with one attached hydrogen (secondary N) is 1. The van der Waals surface area contributed by atoms with Crippen LogP contribution in [-0.4, -0.2) is 38.2 Å². The lowest BCUT2D eigenvalue weighted by molar-refractivity contribution is 0.355. The Kier molecular flexibility index (Phi) is 7.26. The Labute approximate surface area is 225 Å². The van der Waals surface area contributed by atoms with Gasteiger partial charge in [-0.05, 0) is 95.9 Å². The van der Waals surface area contributed by atoms with Crippen LogP contribution in [0.25, 0.3) is 44.4 Å². The molecule has 194 valence electrons. The first-order valence-electron chi connectivity index (χ1n) is 13.1. The first kappa shape index (κ1) is 25.6. The molecule has 0 unspecified atom stereocenters. The van der Waals surface area contributed by atoms with Gasteiger partial charge in [-0.3, -0.25) is 0 Å². The lowest BCUT2D eigenvalue weighted by atomic mass is 9.93. The zero-order valence-corrected chi connectivity index (χ0v) is 23.1. The Morgan fingerprint density at radius 3 is 1.97 bits per heavy atom. The molecule has 0 fully saturated rings. The van der Waals surface area contributed by atoms with Gasteiger partial charge in [0.1, 0.15) is 0 Å². The minimum Gasteiger partial charge on any atom is -0.493 e. The molecule has 0 bridgehead atoms. The molecular weight excluding hydrogens is 468 g/mol. The number of aromatic nitrogens is 1. The van der Waals surface area contributed by atoms with Crippen molar-refractivity contribution in [2.24, 2.45) is 0 Å². The molecule has 0 amide bonds. The first-order chi connectivity index (χ1) is 18.4. The average molecular weight is 505 g/mol. The normalized spacial score (nSPS) is 11.5. The maximum atomic E-state index is 5.58. The lowest BCUT2D eigenvalue weighted by Crippen LogP contribution is -2.10. The maximum absolute atomic E-state index is 5.58. The average Bonchev–Trinajstić information content (AvgIpc) is 3.31. The van der Waals surface area contributed by atoms with Crippen molar-refractivity contribution < 1.29 is 9.47 Å². The molecule has 4 aromatic carbocycles. The smallest absolute Gasteiger partial charge is 0.161 e. The van der Waals surface area contributed by atoms with E-state index in [2.05, 4.69) is 111 Å². The molecule has 0 aliphatic rings. The van der Waals surface area contributed by atoms with Crippen LogP contribution in [0.3, 0.4) is 0 Å². The number of ether oxygens (including phenoxy) is 2. The van der Waals surface area contributed by atoms with Gasteiger partial charge in [0.05, 0.1) is 19.9 Å². The summed E-state index contributed by atoms with van der Waals surface area (Å²) in [6, 6.07) is 30.5. The standard InChI is InChI=1S/C34H36N2O2/c1-22(2)33-29-19-27(13-15-30(29)35-34(33)28-14-16-31(37-5)32(20-28)38-6)26-12-8-11-25(18-26)24-10-7-9-23(17-24)21-36(3)4/h7-20,22,35H,21H2,1-6H3. The molecule has 0 aliphatic carbocycles. The van der Waals surface area contributed by atoms with E-state index in [1.807, 2.05) is 12.1 Å². The summed E-state index contributed by atoms with van der Waals surface area (Å²) >= 11 is 0. The molecule has 0 atom stereocenters. The van der Waals surface area contributed by atoms with E-state index in [4.69, 9.17) is 9.47 Å². The van der Waals surface area contributed by atoms with Gasteiger partial charge in [-0.25, -0.2) is 0 Å². The molecule has 0 spiro atoms. The second kappa shape index (κ2) is 10.8. The molecule has 4 nitrogen and oxygen atoms in total. The van der Waals surface area contributed by atoms with Crippen molar-refractivity contribution in [1.82, 2.24) is 9.88 Å². The van der Waals surface area contributed by atoms with Crippen molar-refractivity contribution in [1.29, 1.82) is 0 Å². The molecular formula is C34H36N2O2. The topological polar surface area (TPSA) is 37.5 Å². The minimum atomic E-state index is 0.341. The molecule has 1 N–H and O–H groups in total. The van der Waals surface area contributed by atoms with Gasteiger partial charge in [0.2, 0.25) is 0 Å². The van der Waals surface area contributed by atoms with Crippen LogP contribution in [0, 0.1) is 0 Å². The number of hydrogen-bond donors (Lipinski definition) is 1. The highest BCUT2D eigenvalue weighted by molar-refractivity contribution is 5.94. The molecule has 4 heteroatoms. The molecule has 0 saturated carbocycles. The summed E-state index contributed by atoms with van der Waals surface area (Å²) in [7, 11) is 7.55. The van der Waals surface area contributed by atoms with Gasteiger partial charge in [0.25, 0.3) is 0 Å². The summed E-state index contributed by atoms with van der Waals surface area (Å²) in [5.74, 6) is 1.80. The molecule has 5 rings (SSSR count). The van der Waals surface area contributed by atoms with Crippen molar-refractivity contribution in [2.75, 3.05) is 28.3 Å². The van der Waals surface area contributed by atoms with Gasteiger partial charge >= 0.3 is 0 Å². The summed E-state index contributed by atoms with van der Waals surface area (Å²) < 4.78 is 11.0. The molecule has 38 heavy (non-hydrogen) atoms. The van der Waals surface area contributed by atoms with E-state index in [9.17, 15) is 0 Å². The van der Waals surface area contributed by atoms with E-state index < -0.39 is 0 Å². The minimum absolute atomic E-state index is 0.341. The van der Waals surface area contributed by atoms with Crippen molar-refractivity contribution in [2.45, 2.75) is 26.3 Å². The highest BCUT2D eigenvalue weighted by Crippen LogP contribution is 2.40. The van der Waals surface area contributed by atoms with Gasteiger partial charge in [-0.15, -0.1) is 0 Å². The third-order valence-electron chi connectivity index (χ3n) is 7.04. The third-order valence-corrected chi connectivity index (χ3v) is 7.04. The Bertz CT molecular complexity index is 1580. The predicted octanol–water partition coefficient (Wildman–Crippen LogP) is 8.37. The molecule has 1 aromatic heterocycles. The van der Waals surface area contributed by atoms with Crippen molar-refractivity contribution >= 4 is 10.9 Å². The van der Waals surface area contributed by atoms with Crippen molar-refractivity contribution in [3.8, 4) is 45.0 Å². The van der Waals surface area contributed by atoms with E-state index in [-0.39, 0.29) is 0 Å². The highest BCUT2D eigenvalue weighted by atomic mass is 16.5. The van der Waals surface area contributed by atoms with Crippen LogP contribution in [0.5, 0.6) is 11.5 Å². The molecule has 0 radical (unpaired) electrons. The van der Waals surface area contributed by atoms with Crippen LogP contribution in [0.1, 0.15) is 30.9 Å². The molecule has 0 aliphatic heterocycles. The van der Waals surface area contributed by atoms with Crippen LogP contribution in [0.4, 0.5) is 0 Å². The van der Waals surface area contributed by atoms with Crippen molar-refractivity contribution in [3.63, 3.8) is 0 Å². The maximum Gasteiger partial charge on any atom is 0.161 e. The van der Waals surface area contributed by atoms with Crippen LogP contribution in [0.2, 0.25) is 0 Å². The number of fused-ring (bicyclic) bond motifs is 1. The zero-order chi connectivity index (χ0) is 26.8. The van der Waals surface area contributed by atoms with E-state index in [1.54, 1.807) is 14.2 Å². The zero-order valence-electron chi connectivity index (χ0n) is 23.1.